The van der Waals surface area contributed by atoms with Crippen molar-refractivity contribution in [3.8, 4) is 5.75 Å². The number of likely N-dealkylation sites (N-methyl/N-ethyl adjacent to an activating group) is 1. The van der Waals surface area contributed by atoms with Gasteiger partial charge in [-0.1, -0.05) is 24.3 Å². The van der Waals surface area contributed by atoms with Gasteiger partial charge in [0.2, 0.25) is 5.91 Å². The normalized spacial score (nSPS) is 16.6. The van der Waals surface area contributed by atoms with E-state index in [1.807, 2.05) is 36.4 Å². The highest BCUT2D eigenvalue weighted by Crippen LogP contribution is 2.28. The second-order valence-corrected chi connectivity index (χ2v) is 5.95. The summed E-state index contributed by atoms with van der Waals surface area (Å²) in [6, 6.07) is 14.2. The SMILES string of the molecule is COc1ccccc1Nc1ccccc1C(=O)N[C@@H]1CCN(C)C1=O. The maximum absolute atomic E-state index is 12.7. The molecule has 0 bridgehead atoms. The first-order valence-corrected chi connectivity index (χ1v) is 8.15. The Balaban J connectivity index is 1.81. The Hall–Kier alpha value is -3.02. The molecule has 130 valence electrons. The van der Waals surface area contributed by atoms with Crippen LogP contribution >= 0.6 is 0 Å². The molecule has 0 saturated carbocycles. The Morgan fingerprint density at radius 1 is 1.12 bits per heavy atom. The zero-order valence-electron chi connectivity index (χ0n) is 14.3. The average molecular weight is 339 g/mol. The lowest BCUT2D eigenvalue weighted by Crippen LogP contribution is -2.40. The van der Waals surface area contributed by atoms with E-state index >= 15 is 0 Å². The van der Waals surface area contributed by atoms with Gasteiger partial charge in [0.1, 0.15) is 11.8 Å². The van der Waals surface area contributed by atoms with Crippen LogP contribution in [-0.4, -0.2) is 43.5 Å². The summed E-state index contributed by atoms with van der Waals surface area (Å²) in [5.41, 5.74) is 1.90. The quantitative estimate of drug-likeness (QED) is 0.877. The summed E-state index contributed by atoms with van der Waals surface area (Å²) in [5, 5.41) is 6.07. The van der Waals surface area contributed by atoms with Crippen molar-refractivity contribution < 1.29 is 14.3 Å². The molecule has 2 N–H and O–H groups in total. The smallest absolute Gasteiger partial charge is 0.254 e. The van der Waals surface area contributed by atoms with Gasteiger partial charge in [0.05, 0.1) is 24.0 Å². The number of rotatable bonds is 5. The van der Waals surface area contributed by atoms with Crippen LogP contribution in [0.5, 0.6) is 5.75 Å². The first-order valence-electron chi connectivity index (χ1n) is 8.15. The zero-order chi connectivity index (χ0) is 17.8. The van der Waals surface area contributed by atoms with E-state index in [4.69, 9.17) is 4.74 Å². The lowest BCUT2D eigenvalue weighted by Gasteiger charge is -2.16. The highest BCUT2D eigenvalue weighted by Gasteiger charge is 2.30. The Labute approximate surface area is 146 Å². The largest absolute Gasteiger partial charge is 0.495 e. The second-order valence-electron chi connectivity index (χ2n) is 5.95. The number of ether oxygens (including phenoxy) is 1. The van der Waals surface area contributed by atoms with Crippen molar-refractivity contribution in [3.05, 3.63) is 54.1 Å². The zero-order valence-corrected chi connectivity index (χ0v) is 14.3. The van der Waals surface area contributed by atoms with Gasteiger partial charge >= 0.3 is 0 Å². The highest BCUT2D eigenvalue weighted by atomic mass is 16.5. The Morgan fingerprint density at radius 2 is 1.80 bits per heavy atom. The number of hydrogen-bond donors (Lipinski definition) is 2. The molecule has 1 aliphatic heterocycles. The van der Waals surface area contributed by atoms with Crippen molar-refractivity contribution in [2.45, 2.75) is 12.5 Å². The van der Waals surface area contributed by atoms with Gasteiger partial charge in [0.25, 0.3) is 5.91 Å². The minimum Gasteiger partial charge on any atom is -0.495 e. The number of amides is 2. The molecule has 0 spiro atoms. The molecule has 1 aliphatic rings. The van der Waals surface area contributed by atoms with Crippen molar-refractivity contribution in [1.82, 2.24) is 10.2 Å². The van der Waals surface area contributed by atoms with E-state index in [0.717, 1.165) is 5.69 Å². The highest BCUT2D eigenvalue weighted by molar-refractivity contribution is 6.02. The van der Waals surface area contributed by atoms with Crippen LogP contribution in [0, 0.1) is 0 Å². The van der Waals surface area contributed by atoms with Crippen molar-refractivity contribution in [3.63, 3.8) is 0 Å². The van der Waals surface area contributed by atoms with Gasteiger partial charge in [-0.2, -0.15) is 0 Å². The molecule has 25 heavy (non-hydrogen) atoms. The molecule has 1 saturated heterocycles. The van der Waals surface area contributed by atoms with E-state index in [0.29, 0.717) is 30.0 Å². The third-order valence-electron chi connectivity index (χ3n) is 4.28. The van der Waals surface area contributed by atoms with Crippen LogP contribution in [0.15, 0.2) is 48.5 Å². The molecule has 6 nitrogen and oxygen atoms in total. The van der Waals surface area contributed by atoms with Crippen molar-refractivity contribution in [1.29, 1.82) is 0 Å². The summed E-state index contributed by atoms with van der Waals surface area (Å²) in [6.07, 6.45) is 0.628. The van der Waals surface area contributed by atoms with E-state index in [2.05, 4.69) is 10.6 Å². The van der Waals surface area contributed by atoms with Gasteiger partial charge < -0.3 is 20.3 Å². The number of likely N-dealkylation sites (tertiary alicyclic amines) is 1. The molecule has 2 aromatic rings. The fourth-order valence-electron chi connectivity index (χ4n) is 2.88. The molecule has 0 radical (unpaired) electrons. The fourth-order valence-corrected chi connectivity index (χ4v) is 2.88. The molecule has 3 rings (SSSR count). The van der Waals surface area contributed by atoms with E-state index in [1.165, 1.54) is 0 Å². The third kappa shape index (κ3) is 3.57. The monoisotopic (exact) mass is 339 g/mol. The van der Waals surface area contributed by atoms with Gasteiger partial charge in [0, 0.05) is 13.6 Å². The Bertz CT molecular complexity index is 791. The molecule has 6 heteroatoms. The molecular weight excluding hydrogens is 318 g/mol. The van der Waals surface area contributed by atoms with Crippen LogP contribution in [0.2, 0.25) is 0 Å². The lowest BCUT2D eigenvalue weighted by atomic mass is 10.1. The van der Waals surface area contributed by atoms with Crippen molar-refractivity contribution in [2.24, 2.45) is 0 Å². The van der Waals surface area contributed by atoms with Crippen LogP contribution in [-0.2, 0) is 4.79 Å². The number of carbonyl (C=O) groups excluding carboxylic acids is 2. The van der Waals surface area contributed by atoms with Crippen LogP contribution in [0.25, 0.3) is 0 Å². The van der Waals surface area contributed by atoms with Gasteiger partial charge in [-0.25, -0.2) is 0 Å². The summed E-state index contributed by atoms with van der Waals surface area (Å²) < 4.78 is 5.34. The summed E-state index contributed by atoms with van der Waals surface area (Å²) >= 11 is 0. The number of hydrogen-bond acceptors (Lipinski definition) is 4. The summed E-state index contributed by atoms with van der Waals surface area (Å²) in [4.78, 5) is 26.3. The van der Waals surface area contributed by atoms with Crippen LogP contribution in [0.4, 0.5) is 11.4 Å². The number of methoxy groups -OCH3 is 1. The van der Waals surface area contributed by atoms with E-state index in [1.54, 1.807) is 31.2 Å². The van der Waals surface area contributed by atoms with Gasteiger partial charge in [-0.05, 0) is 30.7 Å². The minimum atomic E-state index is -0.461. The second kappa shape index (κ2) is 7.25. The molecule has 1 atom stereocenters. The predicted octanol–water partition coefficient (Wildman–Crippen LogP) is 2.40. The van der Waals surface area contributed by atoms with Crippen LogP contribution in [0.1, 0.15) is 16.8 Å². The van der Waals surface area contributed by atoms with E-state index in [-0.39, 0.29) is 11.8 Å². The number of carbonyl (C=O) groups is 2. The maximum Gasteiger partial charge on any atom is 0.254 e. The summed E-state index contributed by atoms with van der Waals surface area (Å²) in [5.74, 6) is 0.362. The number of nitrogens with one attached hydrogen (secondary N) is 2. The number of benzene rings is 2. The number of anilines is 2. The van der Waals surface area contributed by atoms with Gasteiger partial charge in [-0.3, -0.25) is 9.59 Å². The first-order chi connectivity index (χ1) is 12.1. The van der Waals surface area contributed by atoms with Crippen LogP contribution < -0.4 is 15.4 Å². The lowest BCUT2D eigenvalue weighted by molar-refractivity contribution is -0.128. The molecule has 1 fully saturated rings. The molecule has 0 aromatic heterocycles. The maximum atomic E-state index is 12.7. The number of para-hydroxylation sites is 3. The number of nitrogens with zero attached hydrogens (tertiary/aromatic N) is 1. The Morgan fingerprint density at radius 3 is 2.48 bits per heavy atom. The average Bonchev–Trinajstić information content (AvgIpc) is 2.94. The van der Waals surface area contributed by atoms with E-state index in [9.17, 15) is 9.59 Å². The minimum absolute atomic E-state index is 0.0523. The standard InChI is InChI=1S/C19H21N3O3/c1-22-12-11-16(19(22)24)21-18(23)13-7-3-4-8-14(13)20-15-9-5-6-10-17(15)25-2/h3-10,16,20H,11-12H2,1-2H3,(H,21,23)/t16-/m1/s1. The molecule has 2 amide bonds. The fraction of sp³-hybridized carbons (Fsp3) is 0.263. The van der Waals surface area contributed by atoms with Crippen molar-refractivity contribution in [2.75, 3.05) is 26.0 Å². The summed E-state index contributed by atoms with van der Waals surface area (Å²) in [6.45, 7) is 0.658. The summed E-state index contributed by atoms with van der Waals surface area (Å²) in [7, 11) is 3.34. The molecule has 0 unspecified atom stereocenters. The predicted molar refractivity (Wildman–Crippen MR) is 96.2 cm³/mol. The first kappa shape index (κ1) is 16.8. The molecule has 0 aliphatic carbocycles. The van der Waals surface area contributed by atoms with Gasteiger partial charge in [0.15, 0.2) is 0 Å². The van der Waals surface area contributed by atoms with Crippen molar-refractivity contribution >= 4 is 23.2 Å². The Kier molecular flexibility index (Phi) is 4.88. The van der Waals surface area contributed by atoms with Gasteiger partial charge in [-0.15, -0.1) is 0 Å². The van der Waals surface area contributed by atoms with E-state index < -0.39 is 6.04 Å². The van der Waals surface area contributed by atoms with Crippen LogP contribution in [0.3, 0.4) is 0 Å². The molecule has 2 aromatic carbocycles. The third-order valence-corrected chi connectivity index (χ3v) is 4.28. The topological polar surface area (TPSA) is 70.7 Å². The molecular formula is C19H21N3O3. The molecule has 1 heterocycles.